The second-order valence-corrected chi connectivity index (χ2v) is 6.01. The molecule has 5 heteroatoms. The number of rotatable bonds is 3. The summed E-state index contributed by atoms with van der Waals surface area (Å²) in [4.78, 5) is 5.68. The molecule has 0 N–H and O–H groups in total. The third-order valence-electron chi connectivity index (χ3n) is 2.33. The SMILES string of the molecule is C1CCOC1.CC(C)N=C([N-]C(C)C)c1cccs1.[Li+]. The summed E-state index contributed by atoms with van der Waals surface area (Å²) in [6, 6.07) is 4.70. The molecule has 0 bridgehead atoms. The van der Waals surface area contributed by atoms with E-state index in [1.54, 1.807) is 11.3 Å². The predicted molar refractivity (Wildman–Crippen MR) is 84.5 cm³/mol. The second kappa shape index (κ2) is 11.4. The maximum atomic E-state index is 4.94. The van der Waals surface area contributed by atoms with Crippen molar-refractivity contribution in [2.24, 2.45) is 4.99 Å². The Morgan fingerprint density at radius 3 is 2.25 bits per heavy atom. The van der Waals surface area contributed by atoms with Gasteiger partial charge in [0.25, 0.3) is 0 Å². The molecule has 0 radical (unpaired) electrons. The van der Waals surface area contributed by atoms with Gasteiger partial charge in [-0.2, -0.15) is 0 Å². The van der Waals surface area contributed by atoms with Gasteiger partial charge in [0.1, 0.15) is 0 Å². The molecule has 108 valence electrons. The first-order valence-corrected chi connectivity index (χ1v) is 7.88. The third kappa shape index (κ3) is 8.81. The molecule has 2 rings (SSSR count). The molecule has 0 aliphatic carbocycles. The molecule has 1 aromatic rings. The summed E-state index contributed by atoms with van der Waals surface area (Å²) in [5, 5.41) is 6.58. The van der Waals surface area contributed by atoms with Crippen LogP contribution in [0, 0.1) is 0 Å². The summed E-state index contributed by atoms with van der Waals surface area (Å²) >= 11 is 1.69. The van der Waals surface area contributed by atoms with Crippen molar-refractivity contribution in [2.75, 3.05) is 13.2 Å². The van der Waals surface area contributed by atoms with Crippen molar-refractivity contribution >= 4 is 17.2 Å². The molecule has 0 saturated carbocycles. The Morgan fingerprint density at radius 1 is 1.25 bits per heavy atom. The van der Waals surface area contributed by atoms with Gasteiger partial charge in [-0.05, 0) is 42.2 Å². The molecular formula is C15H25LiN2OS. The molecule has 1 saturated heterocycles. The fourth-order valence-electron chi connectivity index (χ4n) is 1.57. The van der Waals surface area contributed by atoms with Crippen LogP contribution in [0.4, 0.5) is 0 Å². The van der Waals surface area contributed by atoms with Crippen molar-refractivity contribution in [3.05, 3.63) is 27.7 Å². The molecule has 1 aromatic heterocycles. The third-order valence-corrected chi connectivity index (χ3v) is 3.20. The van der Waals surface area contributed by atoms with E-state index in [0.717, 1.165) is 23.9 Å². The quantitative estimate of drug-likeness (QED) is 0.471. The van der Waals surface area contributed by atoms with Gasteiger partial charge >= 0.3 is 18.9 Å². The number of thiophene rings is 1. The van der Waals surface area contributed by atoms with E-state index in [9.17, 15) is 0 Å². The van der Waals surface area contributed by atoms with Crippen LogP contribution in [0.3, 0.4) is 0 Å². The summed E-state index contributed by atoms with van der Waals surface area (Å²) in [5.74, 6) is 0.894. The summed E-state index contributed by atoms with van der Waals surface area (Å²) in [6.07, 6.45) is 2.56. The van der Waals surface area contributed by atoms with Gasteiger partial charge in [0, 0.05) is 18.1 Å². The fraction of sp³-hybridized carbons (Fsp3) is 0.667. The minimum Gasteiger partial charge on any atom is -0.462 e. The van der Waals surface area contributed by atoms with Crippen molar-refractivity contribution in [2.45, 2.75) is 52.6 Å². The Hall–Kier alpha value is -0.273. The van der Waals surface area contributed by atoms with Gasteiger partial charge in [-0.15, -0.1) is 11.3 Å². The van der Waals surface area contributed by atoms with Crippen molar-refractivity contribution < 1.29 is 23.6 Å². The number of ether oxygens (including phenoxy) is 1. The van der Waals surface area contributed by atoms with E-state index in [-0.39, 0.29) is 18.9 Å². The predicted octanol–water partition coefficient (Wildman–Crippen LogP) is 1.49. The molecule has 3 nitrogen and oxygen atoms in total. The van der Waals surface area contributed by atoms with Crippen LogP contribution in [0.25, 0.3) is 5.32 Å². The van der Waals surface area contributed by atoms with E-state index in [2.05, 4.69) is 49.5 Å². The Morgan fingerprint density at radius 2 is 1.90 bits per heavy atom. The smallest absolute Gasteiger partial charge is 0.462 e. The Labute approximate surface area is 139 Å². The molecule has 20 heavy (non-hydrogen) atoms. The van der Waals surface area contributed by atoms with Crippen LogP contribution in [0.5, 0.6) is 0 Å². The summed E-state index contributed by atoms with van der Waals surface area (Å²) in [5.41, 5.74) is 0. The van der Waals surface area contributed by atoms with Crippen LogP contribution in [0.2, 0.25) is 0 Å². The average molecular weight is 288 g/mol. The van der Waals surface area contributed by atoms with Crippen molar-refractivity contribution in [3.8, 4) is 0 Å². The molecular weight excluding hydrogens is 263 g/mol. The van der Waals surface area contributed by atoms with Gasteiger partial charge in [0.05, 0.1) is 0 Å². The van der Waals surface area contributed by atoms with Gasteiger partial charge in [-0.3, -0.25) is 0 Å². The number of hydrogen-bond acceptors (Lipinski definition) is 3. The van der Waals surface area contributed by atoms with E-state index >= 15 is 0 Å². The van der Waals surface area contributed by atoms with Gasteiger partial charge < -0.3 is 15.0 Å². The standard InChI is InChI=1S/C11H17N2S.C4H8O.Li/c1-8(2)12-11(13-9(3)4)10-6-5-7-14-10;1-2-4-5-3-1;/h5-9H,1-4H3;1-4H2;/q-1;;+1. The zero-order chi connectivity index (χ0) is 14.1. The molecule has 0 atom stereocenters. The first-order chi connectivity index (χ1) is 9.09. The minimum absolute atomic E-state index is 0. The largest absolute Gasteiger partial charge is 1.00 e. The number of nitrogens with zero attached hydrogens (tertiary/aromatic N) is 2. The van der Waals surface area contributed by atoms with Crippen molar-refractivity contribution in [1.29, 1.82) is 0 Å². The normalized spacial score (nSPS) is 14.8. The average Bonchev–Trinajstić information content (AvgIpc) is 3.04. The van der Waals surface area contributed by atoms with E-state index in [1.165, 1.54) is 12.8 Å². The van der Waals surface area contributed by atoms with E-state index in [1.807, 2.05) is 6.07 Å². The van der Waals surface area contributed by atoms with Crippen LogP contribution in [0.1, 0.15) is 45.4 Å². The van der Waals surface area contributed by atoms with Gasteiger partial charge in [-0.25, -0.2) is 0 Å². The van der Waals surface area contributed by atoms with Crippen LogP contribution in [-0.4, -0.2) is 31.1 Å². The maximum Gasteiger partial charge on any atom is 1.00 e. The van der Waals surface area contributed by atoms with Gasteiger partial charge in [0.2, 0.25) is 0 Å². The Bertz CT molecular complexity index is 352. The first-order valence-electron chi connectivity index (χ1n) is 7.00. The van der Waals surface area contributed by atoms with E-state index in [4.69, 9.17) is 4.74 Å². The molecule has 0 aromatic carbocycles. The zero-order valence-electron chi connectivity index (χ0n) is 13.4. The fourth-order valence-corrected chi connectivity index (χ4v) is 2.24. The minimum atomic E-state index is 0. The molecule has 1 fully saturated rings. The molecule has 1 aliphatic heterocycles. The molecule has 0 amide bonds. The topological polar surface area (TPSA) is 35.7 Å². The number of hydrogen-bond donors (Lipinski definition) is 0. The monoisotopic (exact) mass is 288 g/mol. The zero-order valence-corrected chi connectivity index (χ0v) is 14.2. The number of aliphatic imine (C=N–C) groups is 1. The number of amidine groups is 1. The molecule has 1 aliphatic rings. The maximum absolute atomic E-state index is 4.94. The summed E-state index contributed by atoms with van der Waals surface area (Å²) in [7, 11) is 0. The second-order valence-electron chi connectivity index (χ2n) is 5.07. The Kier molecular flexibility index (Phi) is 11.2. The Balaban J connectivity index is 0.000000507. The van der Waals surface area contributed by atoms with Crippen LogP contribution in [0.15, 0.2) is 22.5 Å². The van der Waals surface area contributed by atoms with Crippen molar-refractivity contribution in [1.82, 2.24) is 0 Å². The van der Waals surface area contributed by atoms with E-state index < -0.39 is 0 Å². The molecule has 2 heterocycles. The van der Waals surface area contributed by atoms with Crippen LogP contribution >= 0.6 is 11.3 Å². The van der Waals surface area contributed by atoms with Gasteiger partial charge in [-0.1, -0.05) is 33.8 Å². The van der Waals surface area contributed by atoms with E-state index in [0.29, 0.717) is 12.1 Å². The molecule has 0 spiro atoms. The first kappa shape index (κ1) is 19.7. The van der Waals surface area contributed by atoms with Crippen molar-refractivity contribution in [3.63, 3.8) is 0 Å². The molecule has 0 unspecified atom stereocenters. The summed E-state index contributed by atoms with van der Waals surface area (Å²) < 4.78 is 4.94. The van der Waals surface area contributed by atoms with Crippen LogP contribution < -0.4 is 18.9 Å². The van der Waals surface area contributed by atoms with Gasteiger partial charge in [0.15, 0.2) is 0 Å². The van der Waals surface area contributed by atoms with Crippen LogP contribution in [-0.2, 0) is 4.74 Å². The summed E-state index contributed by atoms with van der Waals surface area (Å²) in [6.45, 7) is 10.3.